The molecular weight excluding hydrogens is 275 g/mol. The molecule has 0 spiro atoms. The van der Waals surface area contributed by atoms with E-state index in [9.17, 15) is 14.0 Å². The quantitative estimate of drug-likeness (QED) is 0.630. The van der Waals surface area contributed by atoms with Crippen LogP contribution in [0.1, 0.15) is 25.3 Å². The largest absolute Gasteiger partial charge is 0.273 e. The van der Waals surface area contributed by atoms with Gasteiger partial charge in [0, 0.05) is 12.1 Å². The van der Waals surface area contributed by atoms with Gasteiger partial charge in [0.05, 0.1) is 12.1 Å². The van der Waals surface area contributed by atoms with E-state index in [1.54, 1.807) is 19.1 Å². The third-order valence-corrected chi connectivity index (χ3v) is 3.10. The van der Waals surface area contributed by atoms with Crippen molar-refractivity contribution in [3.63, 3.8) is 0 Å². The summed E-state index contributed by atoms with van der Waals surface area (Å²) in [5, 5.41) is 7.59. The first-order chi connectivity index (χ1) is 10.1. The van der Waals surface area contributed by atoms with Gasteiger partial charge in [0.2, 0.25) is 11.8 Å². The van der Waals surface area contributed by atoms with Crippen LogP contribution in [0.4, 0.5) is 4.39 Å². The van der Waals surface area contributed by atoms with Crippen LogP contribution in [-0.2, 0) is 9.59 Å². The number of hydrazone groups is 2. The molecule has 2 rings (SSSR count). The van der Waals surface area contributed by atoms with E-state index >= 15 is 0 Å². The van der Waals surface area contributed by atoms with E-state index in [4.69, 9.17) is 0 Å². The summed E-state index contributed by atoms with van der Waals surface area (Å²) >= 11 is 0. The summed E-state index contributed by atoms with van der Waals surface area (Å²) in [5.41, 5.74) is 6.09. The van der Waals surface area contributed by atoms with Gasteiger partial charge in [-0.3, -0.25) is 9.59 Å². The Labute approximate surface area is 121 Å². The van der Waals surface area contributed by atoms with Crippen molar-refractivity contribution in [2.24, 2.45) is 16.1 Å². The number of nitrogens with one attached hydrogen (secondary N) is 2. The van der Waals surface area contributed by atoms with E-state index in [0.29, 0.717) is 17.7 Å². The minimum absolute atomic E-state index is 0.172. The third kappa shape index (κ3) is 4.20. The Bertz CT molecular complexity index is 595. The summed E-state index contributed by atoms with van der Waals surface area (Å²) in [5.74, 6) is -1.16. The lowest BCUT2D eigenvalue weighted by Crippen LogP contribution is -2.25. The van der Waals surface area contributed by atoms with Crippen LogP contribution in [0.2, 0.25) is 0 Å². The zero-order valence-corrected chi connectivity index (χ0v) is 11.5. The number of carbonyl (C=O) groups is 2. The van der Waals surface area contributed by atoms with Crippen molar-refractivity contribution in [2.75, 3.05) is 0 Å². The predicted octanol–water partition coefficient (Wildman–Crippen LogP) is 1.18. The number of nitrogens with zero attached hydrogens (tertiary/aromatic N) is 2. The second-order valence-electron chi connectivity index (χ2n) is 4.67. The van der Waals surface area contributed by atoms with Crippen molar-refractivity contribution in [1.82, 2.24) is 10.9 Å². The Morgan fingerprint density at radius 3 is 2.81 bits per heavy atom. The molecule has 0 saturated heterocycles. The van der Waals surface area contributed by atoms with Gasteiger partial charge < -0.3 is 0 Å². The lowest BCUT2D eigenvalue weighted by molar-refractivity contribution is -0.123. The van der Waals surface area contributed by atoms with E-state index in [2.05, 4.69) is 21.1 Å². The Balaban J connectivity index is 1.76. The van der Waals surface area contributed by atoms with E-state index < -0.39 is 0 Å². The lowest BCUT2D eigenvalue weighted by Gasteiger charge is -2.06. The van der Waals surface area contributed by atoms with Gasteiger partial charge in [0.15, 0.2) is 0 Å². The van der Waals surface area contributed by atoms with E-state index in [1.165, 1.54) is 18.3 Å². The topological polar surface area (TPSA) is 82.9 Å². The summed E-state index contributed by atoms with van der Waals surface area (Å²) in [7, 11) is 0. The molecule has 0 fully saturated rings. The van der Waals surface area contributed by atoms with Gasteiger partial charge in [-0.15, -0.1) is 0 Å². The molecule has 0 bridgehead atoms. The van der Waals surface area contributed by atoms with Gasteiger partial charge in [0.25, 0.3) is 0 Å². The molecule has 1 aromatic carbocycles. The van der Waals surface area contributed by atoms with E-state index in [0.717, 1.165) is 0 Å². The van der Waals surface area contributed by atoms with Crippen LogP contribution in [-0.4, -0.2) is 23.7 Å². The SMILES string of the molecule is CC1=NNC(=O)C1CCC(=O)N/N=C/c1ccc(F)cc1. The highest BCUT2D eigenvalue weighted by Crippen LogP contribution is 2.13. The Kier molecular flexibility index (Phi) is 4.76. The molecule has 1 heterocycles. The molecule has 0 saturated carbocycles. The van der Waals surface area contributed by atoms with Gasteiger partial charge in [-0.25, -0.2) is 15.2 Å². The molecule has 1 unspecified atom stereocenters. The fourth-order valence-corrected chi connectivity index (χ4v) is 1.89. The first kappa shape index (κ1) is 14.8. The number of hydrogen-bond acceptors (Lipinski definition) is 4. The maximum Gasteiger partial charge on any atom is 0.248 e. The predicted molar refractivity (Wildman–Crippen MR) is 76.1 cm³/mol. The molecule has 1 aliphatic rings. The minimum Gasteiger partial charge on any atom is -0.273 e. The first-order valence-corrected chi connectivity index (χ1v) is 6.48. The van der Waals surface area contributed by atoms with Gasteiger partial charge in [-0.1, -0.05) is 12.1 Å². The molecule has 1 aliphatic heterocycles. The average molecular weight is 290 g/mol. The van der Waals surface area contributed by atoms with E-state index in [-0.39, 0.29) is 30.0 Å². The molecule has 0 radical (unpaired) electrons. The second-order valence-corrected chi connectivity index (χ2v) is 4.67. The highest BCUT2D eigenvalue weighted by molar-refractivity contribution is 6.07. The summed E-state index contributed by atoms with van der Waals surface area (Å²) in [4.78, 5) is 23.0. The molecule has 7 heteroatoms. The fraction of sp³-hybridized carbons (Fsp3) is 0.286. The summed E-state index contributed by atoms with van der Waals surface area (Å²) in [6.45, 7) is 1.74. The van der Waals surface area contributed by atoms with Crippen molar-refractivity contribution in [3.05, 3.63) is 35.6 Å². The Morgan fingerprint density at radius 2 is 2.19 bits per heavy atom. The molecule has 1 aromatic rings. The summed E-state index contributed by atoms with van der Waals surface area (Å²) in [6, 6.07) is 5.72. The average Bonchev–Trinajstić information content (AvgIpc) is 2.78. The number of halogens is 1. The number of hydrogen-bond donors (Lipinski definition) is 2. The van der Waals surface area contributed by atoms with Crippen molar-refractivity contribution in [3.8, 4) is 0 Å². The molecule has 110 valence electrons. The molecule has 0 aromatic heterocycles. The Hall–Kier alpha value is -2.57. The van der Waals surface area contributed by atoms with Crippen molar-refractivity contribution < 1.29 is 14.0 Å². The standard InChI is InChI=1S/C14H15FN4O2/c1-9-12(14(21)19-17-9)6-7-13(20)18-16-8-10-2-4-11(15)5-3-10/h2-5,8,12H,6-7H2,1H3,(H,18,20)(H,19,21)/b16-8+. The maximum absolute atomic E-state index is 12.7. The normalized spacial score (nSPS) is 17.7. The van der Waals surface area contributed by atoms with Crippen LogP contribution in [0.5, 0.6) is 0 Å². The molecule has 2 N–H and O–H groups in total. The Morgan fingerprint density at radius 1 is 1.48 bits per heavy atom. The zero-order chi connectivity index (χ0) is 15.2. The highest BCUT2D eigenvalue weighted by atomic mass is 19.1. The second kappa shape index (κ2) is 6.74. The molecule has 0 aliphatic carbocycles. The highest BCUT2D eigenvalue weighted by Gasteiger charge is 2.26. The van der Waals surface area contributed by atoms with Crippen molar-refractivity contribution in [2.45, 2.75) is 19.8 Å². The van der Waals surface area contributed by atoms with Crippen LogP contribution in [0.3, 0.4) is 0 Å². The van der Waals surface area contributed by atoms with Crippen LogP contribution >= 0.6 is 0 Å². The molecule has 1 atom stereocenters. The summed E-state index contributed by atoms with van der Waals surface area (Å²) in [6.07, 6.45) is 1.98. The van der Waals surface area contributed by atoms with Gasteiger partial charge in [0.1, 0.15) is 5.82 Å². The zero-order valence-electron chi connectivity index (χ0n) is 11.5. The number of rotatable bonds is 5. The minimum atomic E-state index is -0.350. The smallest absolute Gasteiger partial charge is 0.248 e. The first-order valence-electron chi connectivity index (χ1n) is 6.48. The number of benzene rings is 1. The molecule has 2 amide bonds. The third-order valence-electron chi connectivity index (χ3n) is 3.10. The number of amides is 2. The molecular formula is C14H15FN4O2. The van der Waals surface area contributed by atoms with Crippen LogP contribution in [0, 0.1) is 11.7 Å². The van der Waals surface area contributed by atoms with Crippen molar-refractivity contribution in [1.29, 1.82) is 0 Å². The van der Waals surface area contributed by atoms with Gasteiger partial charge in [-0.05, 0) is 31.0 Å². The fourth-order valence-electron chi connectivity index (χ4n) is 1.89. The molecule has 21 heavy (non-hydrogen) atoms. The van der Waals surface area contributed by atoms with Crippen LogP contribution in [0.15, 0.2) is 34.5 Å². The van der Waals surface area contributed by atoms with Gasteiger partial charge >= 0.3 is 0 Å². The van der Waals surface area contributed by atoms with Crippen LogP contribution < -0.4 is 10.9 Å². The van der Waals surface area contributed by atoms with Gasteiger partial charge in [-0.2, -0.15) is 10.2 Å². The summed E-state index contributed by atoms with van der Waals surface area (Å²) < 4.78 is 12.7. The van der Waals surface area contributed by atoms with Crippen LogP contribution in [0.25, 0.3) is 0 Å². The monoisotopic (exact) mass is 290 g/mol. The molecule has 6 nitrogen and oxygen atoms in total. The lowest BCUT2D eigenvalue weighted by atomic mass is 9.99. The maximum atomic E-state index is 12.7. The number of carbonyl (C=O) groups excluding carboxylic acids is 2. The van der Waals surface area contributed by atoms with Crippen molar-refractivity contribution >= 4 is 23.7 Å². The van der Waals surface area contributed by atoms with E-state index in [1.807, 2.05) is 0 Å².